The SMILES string of the molecule is CCn1ncc(-c2cc(CN)on2)c1C. The highest BCUT2D eigenvalue weighted by atomic mass is 16.5. The van der Waals surface area contributed by atoms with E-state index in [9.17, 15) is 0 Å². The Balaban J connectivity index is 2.40. The summed E-state index contributed by atoms with van der Waals surface area (Å²) >= 11 is 0. The van der Waals surface area contributed by atoms with Crippen molar-refractivity contribution in [2.45, 2.75) is 26.9 Å². The topological polar surface area (TPSA) is 69.9 Å². The molecule has 2 heterocycles. The molecule has 0 aliphatic rings. The van der Waals surface area contributed by atoms with Crippen molar-refractivity contribution in [3.8, 4) is 11.3 Å². The Bertz CT molecular complexity index is 458. The summed E-state index contributed by atoms with van der Waals surface area (Å²) in [5.74, 6) is 0.689. The molecule has 2 aromatic rings. The molecule has 0 aliphatic heterocycles. The number of aromatic nitrogens is 3. The monoisotopic (exact) mass is 206 g/mol. The molecular weight excluding hydrogens is 192 g/mol. The first-order valence-corrected chi connectivity index (χ1v) is 4.94. The number of hydrogen-bond donors (Lipinski definition) is 1. The number of aryl methyl sites for hydroxylation is 1. The highest BCUT2D eigenvalue weighted by molar-refractivity contribution is 5.60. The molecule has 15 heavy (non-hydrogen) atoms. The van der Waals surface area contributed by atoms with Crippen LogP contribution in [0.4, 0.5) is 0 Å². The Kier molecular flexibility index (Phi) is 2.55. The Hall–Kier alpha value is -1.62. The van der Waals surface area contributed by atoms with Gasteiger partial charge in [0.05, 0.1) is 12.7 Å². The lowest BCUT2D eigenvalue weighted by atomic mass is 10.2. The molecule has 2 N–H and O–H groups in total. The van der Waals surface area contributed by atoms with Crippen LogP contribution in [0.5, 0.6) is 0 Å². The molecule has 5 nitrogen and oxygen atoms in total. The molecule has 5 heteroatoms. The molecule has 0 aliphatic carbocycles. The van der Waals surface area contributed by atoms with Crippen LogP contribution in [0.1, 0.15) is 18.4 Å². The maximum Gasteiger partial charge on any atom is 0.150 e. The summed E-state index contributed by atoms with van der Waals surface area (Å²) in [5, 5.41) is 8.21. The molecule has 0 aromatic carbocycles. The molecule has 80 valence electrons. The van der Waals surface area contributed by atoms with Crippen molar-refractivity contribution >= 4 is 0 Å². The molecule has 0 spiro atoms. The first-order valence-electron chi connectivity index (χ1n) is 4.94. The Labute approximate surface area is 87.9 Å². The second kappa shape index (κ2) is 3.86. The van der Waals surface area contributed by atoms with E-state index in [0.717, 1.165) is 23.5 Å². The minimum absolute atomic E-state index is 0.369. The van der Waals surface area contributed by atoms with E-state index in [-0.39, 0.29) is 0 Å². The third-order valence-corrected chi connectivity index (χ3v) is 2.44. The maximum atomic E-state index is 5.46. The predicted molar refractivity (Wildman–Crippen MR) is 56.0 cm³/mol. The number of hydrogen-bond acceptors (Lipinski definition) is 4. The van der Waals surface area contributed by atoms with E-state index >= 15 is 0 Å². The average molecular weight is 206 g/mol. The third-order valence-electron chi connectivity index (χ3n) is 2.44. The van der Waals surface area contributed by atoms with E-state index in [1.165, 1.54) is 0 Å². The highest BCUT2D eigenvalue weighted by Gasteiger charge is 2.11. The van der Waals surface area contributed by atoms with Gasteiger partial charge in [0.1, 0.15) is 5.69 Å². The lowest BCUT2D eigenvalue weighted by Gasteiger charge is -1.98. The molecule has 0 bridgehead atoms. The predicted octanol–water partition coefficient (Wildman–Crippen LogP) is 1.33. The van der Waals surface area contributed by atoms with Crippen molar-refractivity contribution in [2.75, 3.05) is 0 Å². The zero-order valence-corrected chi connectivity index (χ0v) is 8.90. The van der Waals surface area contributed by atoms with Gasteiger partial charge in [0.25, 0.3) is 0 Å². The lowest BCUT2D eigenvalue weighted by molar-refractivity contribution is 0.387. The second-order valence-corrected chi connectivity index (χ2v) is 3.34. The fourth-order valence-corrected chi connectivity index (χ4v) is 1.55. The average Bonchev–Trinajstić information content (AvgIpc) is 2.83. The molecule has 0 unspecified atom stereocenters. The zero-order chi connectivity index (χ0) is 10.8. The first-order chi connectivity index (χ1) is 7.26. The largest absolute Gasteiger partial charge is 0.359 e. The quantitative estimate of drug-likeness (QED) is 0.822. The summed E-state index contributed by atoms with van der Waals surface area (Å²) in [6.07, 6.45) is 1.80. The van der Waals surface area contributed by atoms with Gasteiger partial charge in [-0.15, -0.1) is 0 Å². The molecule has 0 fully saturated rings. The summed E-state index contributed by atoms with van der Waals surface area (Å²) in [4.78, 5) is 0. The van der Waals surface area contributed by atoms with Crippen molar-refractivity contribution < 1.29 is 4.52 Å². The van der Waals surface area contributed by atoms with Crippen LogP contribution in [0.3, 0.4) is 0 Å². The summed E-state index contributed by atoms with van der Waals surface area (Å²) < 4.78 is 6.98. The summed E-state index contributed by atoms with van der Waals surface area (Å²) in [7, 11) is 0. The molecule has 0 saturated carbocycles. The van der Waals surface area contributed by atoms with Crippen molar-refractivity contribution in [1.82, 2.24) is 14.9 Å². The minimum atomic E-state index is 0.369. The zero-order valence-electron chi connectivity index (χ0n) is 8.90. The Morgan fingerprint density at radius 2 is 2.33 bits per heavy atom. The summed E-state index contributed by atoms with van der Waals surface area (Å²) in [6.45, 7) is 5.29. The van der Waals surface area contributed by atoms with Gasteiger partial charge in [-0.2, -0.15) is 5.10 Å². The van der Waals surface area contributed by atoms with Gasteiger partial charge in [0.2, 0.25) is 0 Å². The van der Waals surface area contributed by atoms with Crippen molar-refractivity contribution in [1.29, 1.82) is 0 Å². The van der Waals surface area contributed by atoms with E-state index in [0.29, 0.717) is 12.3 Å². The summed E-state index contributed by atoms with van der Waals surface area (Å²) in [6, 6.07) is 1.85. The van der Waals surface area contributed by atoms with Crippen LogP contribution in [-0.2, 0) is 13.1 Å². The van der Waals surface area contributed by atoms with E-state index in [1.807, 2.05) is 17.7 Å². The number of nitrogens with zero attached hydrogens (tertiary/aromatic N) is 3. The van der Waals surface area contributed by atoms with Gasteiger partial charge in [0, 0.05) is 23.9 Å². The Morgan fingerprint density at radius 3 is 2.87 bits per heavy atom. The van der Waals surface area contributed by atoms with Crippen molar-refractivity contribution in [2.24, 2.45) is 5.73 Å². The number of nitrogens with two attached hydrogens (primary N) is 1. The van der Waals surface area contributed by atoms with E-state index in [1.54, 1.807) is 6.20 Å². The van der Waals surface area contributed by atoms with Gasteiger partial charge >= 0.3 is 0 Å². The van der Waals surface area contributed by atoms with Crippen LogP contribution < -0.4 is 5.73 Å². The van der Waals surface area contributed by atoms with Gasteiger partial charge in [-0.3, -0.25) is 4.68 Å². The van der Waals surface area contributed by atoms with Crippen LogP contribution in [0.2, 0.25) is 0 Å². The standard InChI is InChI=1S/C10H14N4O/c1-3-14-7(2)9(6-12-14)10-4-8(5-11)15-13-10/h4,6H,3,5,11H2,1-2H3. The van der Waals surface area contributed by atoms with Gasteiger partial charge in [-0.05, 0) is 13.8 Å². The second-order valence-electron chi connectivity index (χ2n) is 3.34. The van der Waals surface area contributed by atoms with Crippen LogP contribution >= 0.6 is 0 Å². The van der Waals surface area contributed by atoms with E-state index in [4.69, 9.17) is 10.3 Å². The van der Waals surface area contributed by atoms with Crippen LogP contribution in [0.15, 0.2) is 16.8 Å². The molecule has 0 atom stereocenters. The van der Waals surface area contributed by atoms with Crippen LogP contribution in [0.25, 0.3) is 11.3 Å². The van der Waals surface area contributed by atoms with Gasteiger partial charge in [-0.25, -0.2) is 0 Å². The minimum Gasteiger partial charge on any atom is -0.359 e. The first kappa shape index (κ1) is 9.92. The molecule has 2 aromatic heterocycles. The summed E-state index contributed by atoms with van der Waals surface area (Å²) in [5.41, 5.74) is 8.35. The molecule has 2 rings (SSSR count). The van der Waals surface area contributed by atoms with E-state index in [2.05, 4.69) is 17.2 Å². The van der Waals surface area contributed by atoms with Gasteiger partial charge < -0.3 is 10.3 Å². The third kappa shape index (κ3) is 1.66. The normalized spacial score (nSPS) is 10.9. The molecule has 0 radical (unpaired) electrons. The fraction of sp³-hybridized carbons (Fsp3) is 0.400. The molecule has 0 amide bonds. The van der Waals surface area contributed by atoms with E-state index < -0.39 is 0 Å². The van der Waals surface area contributed by atoms with Crippen LogP contribution in [0, 0.1) is 6.92 Å². The van der Waals surface area contributed by atoms with Gasteiger partial charge in [0.15, 0.2) is 5.76 Å². The van der Waals surface area contributed by atoms with Crippen molar-refractivity contribution in [3.63, 3.8) is 0 Å². The molecule has 0 saturated heterocycles. The lowest BCUT2D eigenvalue weighted by Crippen LogP contribution is -1.98. The number of rotatable bonds is 3. The smallest absolute Gasteiger partial charge is 0.150 e. The maximum absolute atomic E-state index is 5.46. The van der Waals surface area contributed by atoms with Crippen LogP contribution in [-0.4, -0.2) is 14.9 Å². The highest BCUT2D eigenvalue weighted by Crippen LogP contribution is 2.22. The molecular formula is C10H14N4O. The van der Waals surface area contributed by atoms with Gasteiger partial charge in [-0.1, -0.05) is 5.16 Å². The van der Waals surface area contributed by atoms with Crippen molar-refractivity contribution in [3.05, 3.63) is 23.7 Å². The Morgan fingerprint density at radius 1 is 1.53 bits per heavy atom. The fourth-order valence-electron chi connectivity index (χ4n) is 1.55.